The normalized spacial score (nSPS) is 14.2. The molecular weight excluding hydrogens is 452 g/mol. The van der Waals surface area contributed by atoms with Crippen LogP contribution in [-0.4, -0.2) is 33.0 Å². The maximum absolute atomic E-state index is 13.4. The molecule has 1 aliphatic rings. The number of amides is 2. The van der Waals surface area contributed by atoms with E-state index in [1.165, 1.54) is 6.42 Å². The molecule has 1 saturated carbocycles. The Bertz CT molecular complexity index is 1150. The van der Waals surface area contributed by atoms with Crippen molar-refractivity contribution in [1.29, 1.82) is 0 Å². The van der Waals surface area contributed by atoms with Crippen molar-refractivity contribution in [3.8, 4) is 11.5 Å². The standard InChI is InChI=1S/C26H29ClN4O3/c1-17(2)31(16-23-29-30-25(34-23)21-13-6-7-14-22(21)27)26(33)19-11-8-12-20(15-19)28-24(32)18-9-4-3-5-10-18/h6-8,11-15,17-18H,3-5,9-10,16H2,1-2H3,(H,28,32). The number of carbonyl (C=O) groups is 2. The molecular formula is C26H29ClN4O3. The molecule has 2 amide bonds. The highest BCUT2D eigenvalue weighted by atomic mass is 35.5. The van der Waals surface area contributed by atoms with Gasteiger partial charge in [0.15, 0.2) is 0 Å². The molecule has 1 aliphatic carbocycles. The molecule has 0 aliphatic heterocycles. The summed E-state index contributed by atoms with van der Waals surface area (Å²) in [6.45, 7) is 4.02. The number of carbonyl (C=O) groups excluding carboxylic acids is 2. The minimum atomic E-state index is -0.179. The largest absolute Gasteiger partial charge is 0.419 e. The van der Waals surface area contributed by atoms with Gasteiger partial charge in [-0.3, -0.25) is 9.59 Å². The lowest BCUT2D eigenvalue weighted by Gasteiger charge is -2.25. The first kappa shape index (κ1) is 24.0. The second-order valence-electron chi connectivity index (χ2n) is 8.91. The van der Waals surface area contributed by atoms with Gasteiger partial charge >= 0.3 is 0 Å². The first-order valence-electron chi connectivity index (χ1n) is 11.7. The lowest BCUT2D eigenvalue weighted by molar-refractivity contribution is -0.120. The zero-order valence-corrected chi connectivity index (χ0v) is 20.2. The number of anilines is 1. The van der Waals surface area contributed by atoms with E-state index in [0.29, 0.717) is 33.6 Å². The maximum Gasteiger partial charge on any atom is 0.254 e. The average molecular weight is 481 g/mol. The number of nitrogens with zero attached hydrogens (tertiary/aromatic N) is 3. The Kier molecular flexibility index (Phi) is 7.63. The molecule has 3 aromatic rings. The molecule has 1 aromatic heterocycles. The molecule has 7 nitrogen and oxygen atoms in total. The van der Waals surface area contributed by atoms with E-state index in [1.54, 1.807) is 35.2 Å². The van der Waals surface area contributed by atoms with Crippen molar-refractivity contribution in [2.45, 2.75) is 58.5 Å². The maximum atomic E-state index is 13.4. The van der Waals surface area contributed by atoms with Gasteiger partial charge < -0.3 is 14.6 Å². The number of halogens is 1. The van der Waals surface area contributed by atoms with Crippen LogP contribution >= 0.6 is 11.6 Å². The van der Waals surface area contributed by atoms with E-state index in [2.05, 4.69) is 15.5 Å². The van der Waals surface area contributed by atoms with E-state index >= 15 is 0 Å². The van der Waals surface area contributed by atoms with Gasteiger partial charge in [0, 0.05) is 23.2 Å². The SMILES string of the molecule is CC(C)N(Cc1nnc(-c2ccccc2Cl)o1)C(=O)c1cccc(NC(=O)C2CCCCC2)c1. The monoisotopic (exact) mass is 480 g/mol. The first-order chi connectivity index (χ1) is 16.4. The predicted molar refractivity (Wildman–Crippen MR) is 131 cm³/mol. The Morgan fingerprint density at radius 2 is 1.85 bits per heavy atom. The van der Waals surface area contributed by atoms with Crippen LogP contribution in [0.1, 0.15) is 62.2 Å². The Morgan fingerprint density at radius 1 is 1.09 bits per heavy atom. The molecule has 2 aromatic carbocycles. The van der Waals surface area contributed by atoms with Gasteiger partial charge in [-0.25, -0.2) is 0 Å². The third-order valence-corrected chi connectivity index (χ3v) is 6.44. The van der Waals surface area contributed by atoms with Gasteiger partial charge in [-0.15, -0.1) is 10.2 Å². The van der Waals surface area contributed by atoms with Gasteiger partial charge in [0.25, 0.3) is 5.91 Å². The van der Waals surface area contributed by atoms with Crippen LogP contribution < -0.4 is 5.32 Å². The topological polar surface area (TPSA) is 88.3 Å². The van der Waals surface area contributed by atoms with Crippen molar-refractivity contribution < 1.29 is 14.0 Å². The van der Waals surface area contributed by atoms with Crippen LogP contribution in [0.25, 0.3) is 11.5 Å². The van der Waals surface area contributed by atoms with Crippen molar-refractivity contribution in [3.63, 3.8) is 0 Å². The van der Waals surface area contributed by atoms with Gasteiger partial charge in [0.05, 0.1) is 17.1 Å². The Labute approximate surface area is 204 Å². The van der Waals surface area contributed by atoms with Crippen LogP contribution in [0.5, 0.6) is 0 Å². The zero-order valence-electron chi connectivity index (χ0n) is 19.5. The van der Waals surface area contributed by atoms with E-state index < -0.39 is 0 Å². The summed E-state index contributed by atoms with van der Waals surface area (Å²) in [5.41, 5.74) is 1.76. The number of nitrogens with one attached hydrogen (secondary N) is 1. The summed E-state index contributed by atoms with van der Waals surface area (Å²) in [5, 5.41) is 11.7. The van der Waals surface area contributed by atoms with Crippen LogP contribution in [0.3, 0.4) is 0 Å². The molecule has 4 rings (SSSR count). The van der Waals surface area contributed by atoms with E-state index in [-0.39, 0.29) is 30.3 Å². The molecule has 1 N–H and O–H groups in total. The third-order valence-electron chi connectivity index (χ3n) is 6.11. The number of aromatic nitrogens is 2. The molecule has 8 heteroatoms. The highest BCUT2D eigenvalue weighted by Gasteiger charge is 2.24. The second-order valence-corrected chi connectivity index (χ2v) is 9.32. The van der Waals surface area contributed by atoms with Gasteiger partial charge in [0.2, 0.25) is 17.7 Å². The Morgan fingerprint density at radius 3 is 2.59 bits per heavy atom. The average Bonchev–Trinajstić information content (AvgIpc) is 3.31. The first-order valence-corrected chi connectivity index (χ1v) is 12.1. The van der Waals surface area contributed by atoms with Crippen LogP contribution in [0.4, 0.5) is 5.69 Å². The van der Waals surface area contributed by atoms with Gasteiger partial charge in [-0.2, -0.15) is 0 Å². The molecule has 1 heterocycles. The third kappa shape index (κ3) is 5.65. The van der Waals surface area contributed by atoms with Crippen molar-refractivity contribution in [2.75, 3.05) is 5.32 Å². The minimum Gasteiger partial charge on any atom is -0.419 e. The molecule has 0 saturated heterocycles. The number of benzene rings is 2. The quantitative estimate of drug-likeness (QED) is 0.450. The van der Waals surface area contributed by atoms with Crippen LogP contribution in [-0.2, 0) is 11.3 Å². The van der Waals surface area contributed by atoms with Crippen LogP contribution in [0.2, 0.25) is 5.02 Å². The summed E-state index contributed by atoms with van der Waals surface area (Å²) < 4.78 is 5.80. The smallest absolute Gasteiger partial charge is 0.254 e. The van der Waals surface area contributed by atoms with Crippen molar-refractivity contribution in [1.82, 2.24) is 15.1 Å². The summed E-state index contributed by atoms with van der Waals surface area (Å²) in [5.74, 6) is 0.525. The fourth-order valence-electron chi connectivity index (χ4n) is 4.20. The second kappa shape index (κ2) is 10.8. The molecule has 0 unspecified atom stereocenters. The zero-order chi connectivity index (χ0) is 24.1. The molecule has 34 heavy (non-hydrogen) atoms. The van der Waals surface area contributed by atoms with E-state index in [1.807, 2.05) is 32.0 Å². The summed E-state index contributed by atoms with van der Waals surface area (Å²) in [6, 6.07) is 14.2. The highest BCUT2D eigenvalue weighted by molar-refractivity contribution is 6.33. The highest BCUT2D eigenvalue weighted by Crippen LogP contribution is 2.27. The summed E-state index contributed by atoms with van der Waals surface area (Å²) >= 11 is 6.23. The van der Waals surface area contributed by atoms with E-state index in [9.17, 15) is 9.59 Å². The molecule has 0 radical (unpaired) electrons. The number of rotatable bonds is 7. The predicted octanol–water partition coefficient (Wildman–Crippen LogP) is 5.96. The molecule has 0 spiro atoms. The number of hydrogen-bond acceptors (Lipinski definition) is 5. The fraction of sp³-hybridized carbons (Fsp3) is 0.385. The van der Waals surface area contributed by atoms with Crippen molar-refractivity contribution in [3.05, 3.63) is 65.0 Å². The van der Waals surface area contributed by atoms with Crippen LogP contribution in [0, 0.1) is 5.92 Å². The lowest BCUT2D eigenvalue weighted by Crippen LogP contribution is -2.36. The number of hydrogen-bond donors (Lipinski definition) is 1. The minimum absolute atomic E-state index is 0.0305. The van der Waals surface area contributed by atoms with E-state index in [4.69, 9.17) is 16.0 Å². The van der Waals surface area contributed by atoms with Gasteiger partial charge in [0.1, 0.15) is 0 Å². The molecule has 0 bridgehead atoms. The van der Waals surface area contributed by atoms with E-state index in [0.717, 1.165) is 25.7 Å². The lowest BCUT2D eigenvalue weighted by atomic mass is 9.88. The Hall–Kier alpha value is -3.19. The molecule has 1 fully saturated rings. The van der Waals surface area contributed by atoms with Gasteiger partial charge in [-0.1, -0.05) is 49.1 Å². The summed E-state index contributed by atoms with van der Waals surface area (Å²) in [4.78, 5) is 27.7. The van der Waals surface area contributed by atoms with Gasteiger partial charge in [-0.05, 0) is 57.0 Å². The Balaban J connectivity index is 1.47. The summed E-state index contributed by atoms with van der Waals surface area (Å²) in [7, 11) is 0. The molecule has 178 valence electrons. The van der Waals surface area contributed by atoms with Crippen molar-refractivity contribution >= 4 is 29.1 Å². The molecule has 0 atom stereocenters. The van der Waals surface area contributed by atoms with Crippen LogP contribution in [0.15, 0.2) is 52.9 Å². The van der Waals surface area contributed by atoms with Crippen molar-refractivity contribution in [2.24, 2.45) is 5.92 Å². The summed E-state index contributed by atoms with van der Waals surface area (Å²) in [6.07, 6.45) is 5.22. The fourth-order valence-corrected chi connectivity index (χ4v) is 4.42.